The molecule has 0 unspecified atom stereocenters. The minimum absolute atomic E-state index is 0.316. The molecule has 1 fully saturated rings. The lowest BCUT2D eigenvalue weighted by atomic mass is 9.97. The second kappa shape index (κ2) is 5.06. The largest absolute Gasteiger partial charge is 0.399 e. The number of hydrogen-bond donors (Lipinski definition) is 2. The van der Waals surface area contributed by atoms with Crippen molar-refractivity contribution in [1.29, 1.82) is 0 Å². The summed E-state index contributed by atoms with van der Waals surface area (Å²) in [5.41, 5.74) is 7.70. The lowest BCUT2D eigenvalue weighted by Gasteiger charge is -2.33. The Hall–Kier alpha value is -0.740. The van der Waals surface area contributed by atoms with Crippen LogP contribution in [0.5, 0.6) is 0 Å². The van der Waals surface area contributed by atoms with E-state index in [0.717, 1.165) is 36.1 Å². The van der Waals surface area contributed by atoms with Crippen LogP contribution in [0.25, 0.3) is 0 Å². The zero-order chi connectivity index (χ0) is 11.5. The Morgan fingerprint density at radius 1 is 1.38 bits per heavy atom. The van der Waals surface area contributed by atoms with E-state index in [-0.39, 0.29) is 0 Å². The number of nitrogens with zero attached hydrogens (tertiary/aromatic N) is 1. The number of aliphatic hydroxyl groups is 1. The number of piperidine rings is 1. The van der Waals surface area contributed by atoms with Gasteiger partial charge < -0.3 is 15.7 Å². The molecule has 0 aliphatic carbocycles. The molecule has 0 amide bonds. The molecule has 1 aromatic carbocycles. The molecule has 3 nitrogen and oxygen atoms in total. The van der Waals surface area contributed by atoms with Gasteiger partial charge in [-0.15, -0.1) is 0 Å². The van der Waals surface area contributed by atoms with Crippen LogP contribution in [0, 0.1) is 5.92 Å². The van der Waals surface area contributed by atoms with Crippen molar-refractivity contribution in [1.82, 2.24) is 0 Å². The Morgan fingerprint density at radius 3 is 2.62 bits per heavy atom. The average molecular weight is 285 g/mol. The topological polar surface area (TPSA) is 49.5 Å². The van der Waals surface area contributed by atoms with E-state index in [1.54, 1.807) is 0 Å². The highest BCUT2D eigenvalue weighted by molar-refractivity contribution is 9.10. The molecule has 1 aromatic rings. The van der Waals surface area contributed by atoms with E-state index < -0.39 is 0 Å². The summed E-state index contributed by atoms with van der Waals surface area (Å²) in [5.74, 6) is 0.476. The molecular weight excluding hydrogens is 268 g/mol. The molecule has 4 heteroatoms. The van der Waals surface area contributed by atoms with Crippen molar-refractivity contribution in [2.45, 2.75) is 12.8 Å². The molecule has 0 radical (unpaired) electrons. The summed E-state index contributed by atoms with van der Waals surface area (Å²) in [6, 6.07) is 5.92. The molecule has 1 aliphatic rings. The van der Waals surface area contributed by atoms with Gasteiger partial charge in [-0.3, -0.25) is 0 Å². The third-order valence-electron chi connectivity index (χ3n) is 3.19. The van der Waals surface area contributed by atoms with Crippen molar-refractivity contribution in [2.24, 2.45) is 5.92 Å². The Labute approximate surface area is 104 Å². The van der Waals surface area contributed by atoms with Gasteiger partial charge in [0.15, 0.2) is 0 Å². The summed E-state index contributed by atoms with van der Waals surface area (Å²) in [6.45, 7) is 2.33. The Bertz CT molecular complexity index is 362. The van der Waals surface area contributed by atoms with Crippen LogP contribution in [-0.2, 0) is 0 Å². The number of nitrogens with two attached hydrogens (primary N) is 1. The number of halogens is 1. The van der Waals surface area contributed by atoms with Crippen LogP contribution >= 0.6 is 15.9 Å². The fourth-order valence-electron chi connectivity index (χ4n) is 2.14. The Kier molecular flexibility index (Phi) is 3.71. The average Bonchev–Trinajstić information content (AvgIpc) is 2.29. The van der Waals surface area contributed by atoms with E-state index >= 15 is 0 Å². The van der Waals surface area contributed by atoms with Gasteiger partial charge >= 0.3 is 0 Å². The number of aliphatic hydroxyl groups excluding tert-OH is 1. The van der Waals surface area contributed by atoms with Gasteiger partial charge in [0.1, 0.15) is 0 Å². The third-order valence-corrected chi connectivity index (χ3v) is 3.82. The molecule has 1 aliphatic heterocycles. The van der Waals surface area contributed by atoms with E-state index in [4.69, 9.17) is 10.8 Å². The van der Waals surface area contributed by atoms with Crippen LogP contribution in [0.3, 0.4) is 0 Å². The van der Waals surface area contributed by atoms with E-state index in [1.807, 2.05) is 12.1 Å². The fraction of sp³-hybridized carbons (Fsp3) is 0.500. The summed E-state index contributed by atoms with van der Waals surface area (Å²) in [6.07, 6.45) is 2.13. The summed E-state index contributed by atoms with van der Waals surface area (Å²) >= 11 is 3.54. The Balaban J connectivity index is 2.08. The second-order valence-electron chi connectivity index (χ2n) is 4.32. The summed E-state index contributed by atoms with van der Waals surface area (Å²) in [5, 5.41) is 9.09. The molecule has 1 saturated heterocycles. The van der Waals surface area contributed by atoms with Crippen molar-refractivity contribution < 1.29 is 5.11 Å². The van der Waals surface area contributed by atoms with Crippen LogP contribution in [0.1, 0.15) is 12.8 Å². The lowest BCUT2D eigenvalue weighted by molar-refractivity contribution is 0.203. The number of anilines is 2. The van der Waals surface area contributed by atoms with Crippen molar-refractivity contribution in [3.05, 3.63) is 22.7 Å². The van der Waals surface area contributed by atoms with Crippen LogP contribution in [0.15, 0.2) is 22.7 Å². The first-order valence-corrected chi connectivity index (χ1v) is 6.41. The molecule has 0 atom stereocenters. The number of benzene rings is 1. The van der Waals surface area contributed by atoms with Gasteiger partial charge in [0, 0.05) is 29.9 Å². The second-order valence-corrected chi connectivity index (χ2v) is 5.18. The quantitative estimate of drug-likeness (QED) is 0.819. The Morgan fingerprint density at radius 2 is 2.06 bits per heavy atom. The number of nitrogen functional groups attached to an aromatic ring is 1. The van der Waals surface area contributed by atoms with Gasteiger partial charge in [-0.05, 0) is 52.9 Å². The van der Waals surface area contributed by atoms with Gasteiger partial charge in [0.2, 0.25) is 0 Å². The van der Waals surface area contributed by atoms with Gasteiger partial charge in [-0.2, -0.15) is 0 Å². The summed E-state index contributed by atoms with van der Waals surface area (Å²) in [7, 11) is 0. The molecule has 1 heterocycles. The van der Waals surface area contributed by atoms with Gasteiger partial charge in [0.25, 0.3) is 0 Å². The van der Waals surface area contributed by atoms with Crippen LogP contribution in [0.4, 0.5) is 11.4 Å². The molecule has 0 saturated carbocycles. The highest BCUT2D eigenvalue weighted by Crippen LogP contribution is 2.31. The van der Waals surface area contributed by atoms with Gasteiger partial charge in [-0.25, -0.2) is 0 Å². The first-order valence-electron chi connectivity index (χ1n) is 5.61. The highest BCUT2D eigenvalue weighted by atomic mass is 79.9. The first kappa shape index (κ1) is 11.7. The standard InChI is InChI=1S/C12H17BrN2O/c13-11-7-10(14)1-2-12(11)15-5-3-9(8-16)4-6-15/h1-2,7,9,16H,3-6,8,14H2. The molecule has 2 rings (SSSR count). The summed E-state index contributed by atoms with van der Waals surface area (Å²) < 4.78 is 1.05. The molecular formula is C12H17BrN2O. The third kappa shape index (κ3) is 2.50. The lowest BCUT2D eigenvalue weighted by Crippen LogP contribution is -2.34. The molecule has 0 bridgehead atoms. The molecule has 16 heavy (non-hydrogen) atoms. The van der Waals surface area contributed by atoms with Crippen molar-refractivity contribution >= 4 is 27.3 Å². The normalized spacial score (nSPS) is 17.8. The fourth-order valence-corrected chi connectivity index (χ4v) is 2.78. The maximum atomic E-state index is 9.09. The van der Waals surface area contributed by atoms with Crippen molar-refractivity contribution in [3.8, 4) is 0 Å². The predicted octanol–water partition coefficient (Wildman–Crippen LogP) is 2.24. The smallest absolute Gasteiger partial charge is 0.0512 e. The SMILES string of the molecule is Nc1ccc(N2CCC(CO)CC2)c(Br)c1. The van der Waals surface area contributed by atoms with Gasteiger partial charge in [0.05, 0.1) is 5.69 Å². The van der Waals surface area contributed by atoms with E-state index in [9.17, 15) is 0 Å². The van der Waals surface area contributed by atoms with Crippen LogP contribution in [0.2, 0.25) is 0 Å². The van der Waals surface area contributed by atoms with Crippen molar-refractivity contribution in [2.75, 3.05) is 30.3 Å². The number of rotatable bonds is 2. The summed E-state index contributed by atoms with van der Waals surface area (Å²) in [4.78, 5) is 2.34. The number of hydrogen-bond acceptors (Lipinski definition) is 3. The van der Waals surface area contributed by atoms with E-state index in [0.29, 0.717) is 12.5 Å². The maximum Gasteiger partial charge on any atom is 0.0512 e. The molecule has 0 spiro atoms. The minimum Gasteiger partial charge on any atom is -0.399 e. The maximum absolute atomic E-state index is 9.09. The van der Waals surface area contributed by atoms with Crippen LogP contribution < -0.4 is 10.6 Å². The molecule has 0 aromatic heterocycles. The zero-order valence-corrected chi connectivity index (χ0v) is 10.8. The van der Waals surface area contributed by atoms with Crippen LogP contribution in [-0.4, -0.2) is 24.8 Å². The first-order chi connectivity index (χ1) is 7.70. The molecule has 88 valence electrons. The minimum atomic E-state index is 0.316. The van der Waals surface area contributed by atoms with E-state index in [2.05, 4.69) is 26.9 Å². The van der Waals surface area contributed by atoms with Crippen molar-refractivity contribution in [3.63, 3.8) is 0 Å². The zero-order valence-electron chi connectivity index (χ0n) is 9.19. The predicted molar refractivity (Wildman–Crippen MR) is 70.6 cm³/mol. The van der Waals surface area contributed by atoms with Gasteiger partial charge in [-0.1, -0.05) is 0 Å². The van der Waals surface area contributed by atoms with E-state index in [1.165, 1.54) is 5.69 Å². The molecule has 3 N–H and O–H groups in total. The highest BCUT2D eigenvalue weighted by Gasteiger charge is 2.19. The monoisotopic (exact) mass is 284 g/mol.